The highest BCUT2D eigenvalue weighted by molar-refractivity contribution is 4.68. The monoisotopic (exact) mass is 282 g/mol. The van der Waals surface area contributed by atoms with Crippen molar-refractivity contribution in [2.75, 3.05) is 65.4 Å². The third-order valence-corrected chi connectivity index (χ3v) is 4.62. The second-order valence-corrected chi connectivity index (χ2v) is 6.30. The van der Waals surface area contributed by atoms with Gasteiger partial charge in [-0.1, -0.05) is 25.7 Å². The van der Waals surface area contributed by atoms with Gasteiger partial charge in [-0.25, -0.2) is 0 Å². The zero-order valence-corrected chi connectivity index (χ0v) is 13.2. The lowest BCUT2D eigenvalue weighted by molar-refractivity contribution is 0.232. The lowest BCUT2D eigenvalue weighted by Crippen LogP contribution is -2.43. The Morgan fingerprint density at radius 2 is 0.850 bits per heavy atom. The van der Waals surface area contributed by atoms with E-state index in [4.69, 9.17) is 0 Å². The zero-order chi connectivity index (χ0) is 13.9. The van der Waals surface area contributed by atoms with E-state index in [9.17, 15) is 0 Å². The summed E-state index contributed by atoms with van der Waals surface area (Å²) in [5, 5.41) is 6.83. The molecule has 2 rings (SSSR count). The van der Waals surface area contributed by atoms with Crippen molar-refractivity contribution in [3.63, 3.8) is 0 Å². The second kappa shape index (κ2) is 10.6. The van der Waals surface area contributed by atoms with Crippen LogP contribution in [0.3, 0.4) is 0 Å². The van der Waals surface area contributed by atoms with Crippen LogP contribution in [0, 0.1) is 0 Å². The molecule has 0 unspecified atom stereocenters. The largest absolute Gasteiger partial charge is 0.314 e. The molecule has 4 heteroatoms. The van der Waals surface area contributed by atoms with E-state index in [0.717, 1.165) is 0 Å². The van der Waals surface area contributed by atoms with Crippen LogP contribution in [0.5, 0.6) is 0 Å². The Hall–Kier alpha value is -0.160. The van der Waals surface area contributed by atoms with Crippen molar-refractivity contribution >= 4 is 0 Å². The Bertz CT molecular complexity index is 199. The maximum atomic E-state index is 3.42. The van der Waals surface area contributed by atoms with Crippen LogP contribution < -0.4 is 10.6 Å². The quantitative estimate of drug-likeness (QED) is 0.621. The predicted molar refractivity (Wildman–Crippen MR) is 86.3 cm³/mol. The minimum absolute atomic E-state index is 1.19. The van der Waals surface area contributed by atoms with Crippen LogP contribution in [0.4, 0.5) is 0 Å². The van der Waals surface area contributed by atoms with Gasteiger partial charge in [-0.15, -0.1) is 0 Å². The summed E-state index contributed by atoms with van der Waals surface area (Å²) >= 11 is 0. The summed E-state index contributed by atoms with van der Waals surface area (Å²) in [6, 6.07) is 0. The van der Waals surface area contributed by atoms with E-state index < -0.39 is 0 Å². The summed E-state index contributed by atoms with van der Waals surface area (Å²) < 4.78 is 0. The molecule has 0 spiro atoms. The van der Waals surface area contributed by atoms with Crippen molar-refractivity contribution in [3.8, 4) is 0 Å². The van der Waals surface area contributed by atoms with Crippen molar-refractivity contribution in [2.24, 2.45) is 0 Å². The maximum Gasteiger partial charge on any atom is 0.0107 e. The molecule has 0 aromatic heterocycles. The van der Waals surface area contributed by atoms with Gasteiger partial charge < -0.3 is 20.4 Å². The number of rotatable bonds is 9. The van der Waals surface area contributed by atoms with Gasteiger partial charge in [0.25, 0.3) is 0 Å². The lowest BCUT2D eigenvalue weighted by atomic mass is 10.1. The second-order valence-electron chi connectivity index (χ2n) is 6.30. The molecule has 118 valence electrons. The maximum absolute atomic E-state index is 3.42. The molecule has 0 aliphatic carbocycles. The molecule has 0 saturated carbocycles. The van der Waals surface area contributed by atoms with Crippen LogP contribution in [-0.2, 0) is 0 Å². The van der Waals surface area contributed by atoms with E-state index in [2.05, 4.69) is 20.4 Å². The molecule has 2 aliphatic heterocycles. The van der Waals surface area contributed by atoms with E-state index >= 15 is 0 Å². The van der Waals surface area contributed by atoms with Gasteiger partial charge in [0, 0.05) is 52.4 Å². The van der Waals surface area contributed by atoms with Crippen LogP contribution in [0.25, 0.3) is 0 Å². The van der Waals surface area contributed by atoms with Gasteiger partial charge in [-0.05, 0) is 25.9 Å². The SMILES string of the molecule is C(CCCCN1CCNCC1)CCCN1CCNCC1. The molecule has 0 bridgehead atoms. The van der Waals surface area contributed by atoms with Crippen molar-refractivity contribution in [1.82, 2.24) is 20.4 Å². The van der Waals surface area contributed by atoms with Gasteiger partial charge in [0.05, 0.1) is 0 Å². The molecule has 2 heterocycles. The Kier molecular flexibility index (Phi) is 8.55. The standard InChI is InChI=1S/C16H34N4/c1(3-5-11-19-13-7-17-8-14-19)2-4-6-12-20-15-9-18-10-16-20/h17-18H,1-16H2. The zero-order valence-electron chi connectivity index (χ0n) is 13.2. The van der Waals surface area contributed by atoms with Crippen LogP contribution in [0.1, 0.15) is 38.5 Å². The Balaban J connectivity index is 1.33. The lowest BCUT2D eigenvalue weighted by Gasteiger charge is -2.27. The highest BCUT2D eigenvalue weighted by Crippen LogP contribution is 2.08. The fourth-order valence-electron chi connectivity index (χ4n) is 3.25. The Morgan fingerprint density at radius 1 is 0.500 bits per heavy atom. The number of hydrogen-bond donors (Lipinski definition) is 2. The van der Waals surface area contributed by atoms with E-state index in [1.807, 2.05) is 0 Å². The first kappa shape index (κ1) is 16.2. The van der Waals surface area contributed by atoms with Crippen molar-refractivity contribution in [3.05, 3.63) is 0 Å². The Labute approximate surface area is 125 Å². The fraction of sp³-hybridized carbons (Fsp3) is 1.00. The summed E-state index contributed by atoms with van der Waals surface area (Å²) in [6.45, 7) is 12.4. The first-order valence-corrected chi connectivity index (χ1v) is 8.81. The molecule has 2 fully saturated rings. The average molecular weight is 282 g/mol. The summed E-state index contributed by atoms with van der Waals surface area (Å²) in [5.41, 5.74) is 0. The number of piperazine rings is 2. The third-order valence-electron chi connectivity index (χ3n) is 4.62. The smallest absolute Gasteiger partial charge is 0.0107 e. The summed E-state index contributed by atoms with van der Waals surface area (Å²) in [5.74, 6) is 0. The Morgan fingerprint density at radius 3 is 1.25 bits per heavy atom. The van der Waals surface area contributed by atoms with Crippen LogP contribution in [0.15, 0.2) is 0 Å². The van der Waals surface area contributed by atoms with E-state index in [-0.39, 0.29) is 0 Å². The van der Waals surface area contributed by atoms with Gasteiger partial charge in [0.2, 0.25) is 0 Å². The third kappa shape index (κ3) is 7.02. The molecule has 2 N–H and O–H groups in total. The molecule has 4 nitrogen and oxygen atoms in total. The highest BCUT2D eigenvalue weighted by Gasteiger charge is 2.09. The van der Waals surface area contributed by atoms with Crippen LogP contribution >= 0.6 is 0 Å². The van der Waals surface area contributed by atoms with Gasteiger partial charge in [0.15, 0.2) is 0 Å². The van der Waals surface area contributed by atoms with Gasteiger partial charge in [-0.2, -0.15) is 0 Å². The molecule has 20 heavy (non-hydrogen) atoms. The predicted octanol–water partition coefficient (Wildman–Crippen LogP) is 1.14. The van der Waals surface area contributed by atoms with Gasteiger partial charge in [0.1, 0.15) is 0 Å². The molecular weight excluding hydrogens is 248 g/mol. The number of hydrogen-bond acceptors (Lipinski definition) is 4. The first-order valence-electron chi connectivity index (χ1n) is 8.81. The molecular formula is C16H34N4. The molecule has 2 aliphatic rings. The molecule has 0 amide bonds. The minimum Gasteiger partial charge on any atom is -0.314 e. The van der Waals surface area contributed by atoms with Crippen molar-refractivity contribution < 1.29 is 0 Å². The minimum atomic E-state index is 1.19. The van der Waals surface area contributed by atoms with E-state index in [0.29, 0.717) is 0 Å². The molecule has 0 radical (unpaired) electrons. The number of unbranched alkanes of at least 4 members (excludes halogenated alkanes) is 5. The van der Waals surface area contributed by atoms with Crippen LogP contribution in [0.2, 0.25) is 0 Å². The topological polar surface area (TPSA) is 30.5 Å². The first-order chi connectivity index (χ1) is 9.95. The highest BCUT2D eigenvalue weighted by atomic mass is 15.2. The number of nitrogens with zero attached hydrogens (tertiary/aromatic N) is 2. The normalized spacial score (nSPS) is 22.2. The molecule has 2 saturated heterocycles. The van der Waals surface area contributed by atoms with E-state index in [1.54, 1.807) is 0 Å². The average Bonchev–Trinajstić information content (AvgIpc) is 2.52. The molecule has 0 atom stereocenters. The van der Waals surface area contributed by atoms with Crippen molar-refractivity contribution in [1.29, 1.82) is 0 Å². The summed E-state index contributed by atoms with van der Waals surface area (Å²) in [7, 11) is 0. The fourth-order valence-corrected chi connectivity index (χ4v) is 3.25. The molecule has 0 aromatic carbocycles. The molecule has 0 aromatic rings. The summed E-state index contributed by atoms with van der Waals surface area (Å²) in [4.78, 5) is 5.22. The van der Waals surface area contributed by atoms with Gasteiger partial charge in [-0.3, -0.25) is 0 Å². The number of nitrogens with one attached hydrogen (secondary N) is 2. The van der Waals surface area contributed by atoms with Crippen molar-refractivity contribution in [2.45, 2.75) is 38.5 Å². The van der Waals surface area contributed by atoms with Crippen LogP contribution in [-0.4, -0.2) is 75.2 Å². The van der Waals surface area contributed by atoms with E-state index in [1.165, 1.54) is 104 Å². The summed E-state index contributed by atoms with van der Waals surface area (Å²) in [6.07, 6.45) is 8.53. The van der Waals surface area contributed by atoms with Gasteiger partial charge >= 0.3 is 0 Å².